The summed E-state index contributed by atoms with van der Waals surface area (Å²) in [5, 5.41) is 0. The van der Waals surface area contributed by atoms with E-state index >= 15 is 0 Å². The minimum Gasteiger partial charge on any atom is -0.327 e. The molecule has 0 spiro atoms. The number of fused-ring (bicyclic) bond motifs is 1. The van der Waals surface area contributed by atoms with Crippen LogP contribution in [0.5, 0.6) is 0 Å². The van der Waals surface area contributed by atoms with Gasteiger partial charge >= 0.3 is 0 Å². The molecule has 5 heteroatoms. The Morgan fingerprint density at radius 2 is 1.97 bits per heavy atom. The van der Waals surface area contributed by atoms with Crippen molar-refractivity contribution in [2.24, 2.45) is 11.7 Å². The van der Waals surface area contributed by atoms with Gasteiger partial charge in [-0.25, -0.2) is 12.9 Å². The van der Waals surface area contributed by atoms with Crippen molar-refractivity contribution in [3.63, 3.8) is 0 Å². The summed E-state index contributed by atoms with van der Waals surface area (Å²) in [5.74, 6) is 1.56. The third kappa shape index (κ3) is 5.57. The Bertz CT molecular complexity index is 898. The first-order chi connectivity index (χ1) is 14.5. The Morgan fingerprint density at radius 3 is 2.73 bits per heavy atom. The van der Waals surface area contributed by atoms with Crippen molar-refractivity contribution in [3.8, 4) is 0 Å². The molecule has 0 bridgehead atoms. The van der Waals surface area contributed by atoms with Gasteiger partial charge in [-0.2, -0.15) is 0 Å². The number of rotatable bonds is 9. The van der Waals surface area contributed by atoms with Gasteiger partial charge in [-0.15, -0.1) is 0 Å². The first-order valence-corrected chi connectivity index (χ1v) is 12.5. The molecule has 0 aromatic heterocycles. The van der Waals surface area contributed by atoms with Crippen molar-refractivity contribution < 1.29 is 8.60 Å². The van der Waals surface area contributed by atoms with Gasteiger partial charge in [0.15, 0.2) is 0 Å². The third-order valence-electron chi connectivity index (χ3n) is 6.58. The van der Waals surface area contributed by atoms with Crippen LogP contribution in [-0.4, -0.2) is 33.9 Å². The van der Waals surface area contributed by atoms with Crippen LogP contribution in [0.2, 0.25) is 0 Å². The maximum absolute atomic E-state index is 13.7. The fraction of sp³-hybridized carbons (Fsp3) is 0.520. The number of hydrogen-bond donors (Lipinski definition) is 1. The molecule has 3 unspecified atom stereocenters. The van der Waals surface area contributed by atoms with Crippen molar-refractivity contribution in [1.82, 2.24) is 4.31 Å². The van der Waals surface area contributed by atoms with Crippen LogP contribution in [0.25, 0.3) is 0 Å². The van der Waals surface area contributed by atoms with Crippen molar-refractivity contribution >= 4 is 11.0 Å². The average molecular weight is 429 g/mol. The molecule has 0 saturated heterocycles. The number of nitrogens with two attached hydrogens (primary N) is 1. The molecule has 3 atom stereocenters. The molecule has 0 aliphatic heterocycles. The van der Waals surface area contributed by atoms with E-state index in [0.29, 0.717) is 5.92 Å². The molecule has 2 N–H and O–H groups in total. The lowest BCUT2D eigenvalue weighted by atomic mass is 9.76. The van der Waals surface area contributed by atoms with Gasteiger partial charge in [-0.05, 0) is 92.3 Å². The zero-order valence-corrected chi connectivity index (χ0v) is 18.7. The van der Waals surface area contributed by atoms with Crippen LogP contribution >= 0.6 is 0 Å². The molecule has 2 aliphatic rings. The lowest BCUT2D eigenvalue weighted by Crippen LogP contribution is -2.34. The van der Waals surface area contributed by atoms with E-state index in [2.05, 4.69) is 18.2 Å². The highest BCUT2D eigenvalue weighted by molar-refractivity contribution is 7.82. The predicted molar refractivity (Wildman–Crippen MR) is 122 cm³/mol. The van der Waals surface area contributed by atoms with Gasteiger partial charge in [0.05, 0.1) is 11.0 Å². The second kappa shape index (κ2) is 9.71. The molecule has 0 amide bonds. The monoisotopic (exact) mass is 428 g/mol. The molecule has 4 rings (SSSR count). The standard InChI is InChI=1S/C25H33FN2OS/c1-28(30(29)17-19-7-8-19)13-3-5-18-9-10-21-11-12-25(27)24(23(21)15-18)16-20-4-2-6-22(26)14-20/h2,4,6,9-10,14-15,19,24-25H,3,5,7-8,11-13,16-17,27H2,1H3. The van der Waals surface area contributed by atoms with E-state index in [-0.39, 0.29) is 17.8 Å². The zero-order valence-electron chi connectivity index (χ0n) is 17.9. The van der Waals surface area contributed by atoms with Gasteiger partial charge in [0.25, 0.3) is 0 Å². The molecule has 2 aromatic rings. The highest BCUT2D eigenvalue weighted by Gasteiger charge is 2.28. The Balaban J connectivity index is 1.40. The van der Waals surface area contributed by atoms with Crippen LogP contribution < -0.4 is 5.73 Å². The van der Waals surface area contributed by atoms with Crippen molar-refractivity contribution in [2.45, 2.75) is 56.9 Å². The number of benzene rings is 2. The minimum atomic E-state index is -0.841. The fourth-order valence-electron chi connectivity index (χ4n) is 4.53. The summed E-state index contributed by atoms with van der Waals surface area (Å²) in [5.41, 5.74) is 11.5. The molecular weight excluding hydrogens is 395 g/mol. The summed E-state index contributed by atoms with van der Waals surface area (Å²) in [6.07, 6.45) is 7.22. The zero-order chi connectivity index (χ0) is 21.1. The molecule has 1 fully saturated rings. The number of halogens is 1. The fourth-order valence-corrected chi connectivity index (χ4v) is 5.85. The highest BCUT2D eigenvalue weighted by Crippen LogP contribution is 2.34. The quantitative estimate of drug-likeness (QED) is 0.645. The molecule has 2 aliphatic carbocycles. The topological polar surface area (TPSA) is 46.3 Å². The Hall–Kier alpha value is -1.56. The van der Waals surface area contributed by atoms with E-state index < -0.39 is 11.0 Å². The minimum absolute atomic E-state index is 0.104. The van der Waals surface area contributed by atoms with Gasteiger partial charge in [0, 0.05) is 24.3 Å². The normalized spacial score (nSPS) is 22.1. The molecule has 0 radical (unpaired) electrons. The first kappa shape index (κ1) is 21.7. The number of aryl methyl sites for hydroxylation is 2. The maximum atomic E-state index is 13.7. The highest BCUT2D eigenvalue weighted by atomic mass is 32.2. The summed E-state index contributed by atoms with van der Waals surface area (Å²) < 4.78 is 28.0. The Morgan fingerprint density at radius 1 is 1.13 bits per heavy atom. The SMILES string of the molecule is CN(CCCc1ccc2c(c1)C(Cc1cccc(F)c1)C(N)CC2)S(=O)CC1CC1. The molecule has 30 heavy (non-hydrogen) atoms. The molecule has 162 valence electrons. The average Bonchev–Trinajstić information content (AvgIpc) is 3.54. The van der Waals surface area contributed by atoms with E-state index in [0.717, 1.165) is 50.0 Å². The lowest BCUT2D eigenvalue weighted by molar-refractivity contribution is 0.466. The van der Waals surface area contributed by atoms with Crippen LogP contribution in [0, 0.1) is 11.7 Å². The molecule has 2 aromatic carbocycles. The van der Waals surface area contributed by atoms with Crippen LogP contribution in [0.15, 0.2) is 42.5 Å². The van der Waals surface area contributed by atoms with Crippen molar-refractivity contribution in [2.75, 3.05) is 19.3 Å². The van der Waals surface area contributed by atoms with Crippen LogP contribution in [0.3, 0.4) is 0 Å². The van der Waals surface area contributed by atoms with E-state index in [1.807, 2.05) is 17.4 Å². The maximum Gasteiger partial charge on any atom is 0.123 e. The largest absolute Gasteiger partial charge is 0.327 e. The first-order valence-electron chi connectivity index (χ1n) is 11.2. The van der Waals surface area contributed by atoms with Crippen molar-refractivity contribution in [3.05, 3.63) is 70.5 Å². The second-order valence-electron chi connectivity index (χ2n) is 9.06. The molecule has 3 nitrogen and oxygen atoms in total. The molecule has 1 saturated carbocycles. The summed E-state index contributed by atoms with van der Waals surface area (Å²) in [6.45, 7) is 0.850. The van der Waals surface area contributed by atoms with E-state index in [9.17, 15) is 8.60 Å². The Kier molecular flexibility index (Phi) is 7.01. The second-order valence-corrected chi connectivity index (χ2v) is 10.7. The van der Waals surface area contributed by atoms with Gasteiger partial charge in [-0.1, -0.05) is 30.3 Å². The lowest BCUT2D eigenvalue weighted by Gasteiger charge is -2.32. The van der Waals surface area contributed by atoms with Gasteiger partial charge < -0.3 is 5.73 Å². The predicted octanol–water partition coefficient (Wildman–Crippen LogP) is 4.36. The Labute approximate surface area is 182 Å². The third-order valence-corrected chi connectivity index (χ3v) is 8.21. The summed E-state index contributed by atoms with van der Waals surface area (Å²) in [4.78, 5) is 0. The summed E-state index contributed by atoms with van der Waals surface area (Å²) in [6, 6.07) is 13.8. The summed E-state index contributed by atoms with van der Waals surface area (Å²) in [7, 11) is 1.13. The van der Waals surface area contributed by atoms with Crippen LogP contribution in [-0.2, 0) is 30.2 Å². The van der Waals surface area contributed by atoms with Crippen molar-refractivity contribution in [1.29, 1.82) is 0 Å². The smallest absolute Gasteiger partial charge is 0.123 e. The van der Waals surface area contributed by atoms with E-state index in [1.165, 1.54) is 35.6 Å². The number of hydrogen-bond acceptors (Lipinski definition) is 2. The summed E-state index contributed by atoms with van der Waals surface area (Å²) >= 11 is 0. The van der Waals surface area contributed by atoms with E-state index in [4.69, 9.17) is 5.73 Å². The molecular formula is C25H33FN2OS. The van der Waals surface area contributed by atoms with Gasteiger partial charge in [0.1, 0.15) is 5.82 Å². The van der Waals surface area contributed by atoms with Crippen LogP contribution in [0.4, 0.5) is 4.39 Å². The number of nitrogens with zero attached hydrogens (tertiary/aromatic N) is 1. The van der Waals surface area contributed by atoms with Gasteiger partial charge in [-0.3, -0.25) is 0 Å². The molecule has 0 heterocycles. The van der Waals surface area contributed by atoms with Crippen LogP contribution in [0.1, 0.15) is 53.9 Å². The van der Waals surface area contributed by atoms with Gasteiger partial charge in [0.2, 0.25) is 0 Å². The van der Waals surface area contributed by atoms with E-state index in [1.54, 1.807) is 12.1 Å².